The van der Waals surface area contributed by atoms with E-state index in [1.807, 2.05) is 21.8 Å². The third-order valence-corrected chi connectivity index (χ3v) is 10.0. The summed E-state index contributed by atoms with van der Waals surface area (Å²) < 4.78 is 58.7. The molecule has 0 aliphatic carbocycles. The lowest BCUT2D eigenvalue weighted by Gasteiger charge is -2.25. The first-order valence-electron chi connectivity index (χ1n) is 12.8. The first-order chi connectivity index (χ1) is 19.9. The predicted octanol–water partition coefficient (Wildman–Crippen LogP) is 3.89. The molecule has 0 saturated carbocycles. The Labute approximate surface area is 252 Å². The number of anilines is 1. The summed E-state index contributed by atoms with van der Waals surface area (Å²) in [6.45, 7) is 0.353. The molecular formula is C27H31F3N4O5S3. The van der Waals surface area contributed by atoms with Crippen molar-refractivity contribution >= 4 is 79.2 Å². The fourth-order valence-electron chi connectivity index (χ4n) is 4.59. The molecule has 0 radical (unpaired) electrons. The Morgan fingerprint density at radius 2 is 1.31 bits per heavy atom. The summed E-state index contributed by atoms with van der Waals surface area (Å²) in [5.74, 6) is -2.11. The second-order valence-corrected chi connectivity index (χ2v) is 13.5. The fraction of sp³-hybridized carbons (Fsp3) is 0.370. The van der Waals surface area contributed by atoms with E-state index < -0.39 is 23.4 Å². The van der Waals surface area contributed by atoms with Gasteiger partial charge in [0, 0.05) is 57.5 Å². The lowest BCUT2D eigenvalue weighted by atomic mass is 9.93. The van der Waals surface area contributed by atoms with Gasteiger partial charge in [0.2, 0.25) is 0 Å². The minimum Gasteiger partial charge on any atom is -0.593 e. The van der Waals surface area contributed by atoms with Crippen molar-refractivity contribution in [2.24, 2.45) is 0 Å². The van der Waals surface area contributed by atoms with E-state index in [0.29, 0.717) is 48.2 Å². The molecule has 4 aromatic carbocycles. The standard InChI is InChI=1S/C27H31F3N4O5S3/c1-32(8-11-35)40-21-14-20(31-26(38)27(28,29)30)16-4-5-18-22(41-33(2)9-12-36)15-23(42(39)34(3)10-13-37)19-7-6-17(21)24(16)25(18)19/h4-7,14-15,35-37H,8-13H2,1-3H3,(H,31,38). The maximum absolute atomic E-state index is 13.7. The SMILES string of the molecule is CN(CCO)Sc1cc(NC(=O)C(F)(F)F)c2ccc3c(SN(C)CCO)cc([S+]([O-])N(C)CCO)c4ccc1c2c34. The summed E-state index contributed by atoms with van der Waals surface area (Å²) in [7, 11) is 5.15. The van der Waals surface area contributed by atoms with Gasteiger partial charge in [0.1, 0.15) is 0 Å². The highest BCUT2D eigenvalue weighted by atomic mass is 32.2. The average molecular weight is 645 g/mol. The van der Waals surface area contributed by atoms with E-state index in [-0.39, 0.29) is 38.6 Å². The van der Waals surface area contributed by atoms with E-state index in [2.05, 4.69) is 0 Å². The quantitative estimate of drug-likeness (QED) is 0.0969. The molecule has 0 aliphatic rings. The van der Waals surface area contributed by atoms with Gasteiger partial charge in [0.25, 0.3) is 0 Å². The predicted molar refractivity (Wildman–Crippen MR) is 162 cm³/mol. The number of hydrogen-bond donors (Lipinski definition) is 4. The van der Waals surface area contributed by atoms with Crippen LogP contribution in [0, 0.1) is 0 Å². The van der Waals surface area contributed by atoms with Gasteiger partial charge >= 0.3 is 12.1 Å². The molecule has 0 heterocycles. The summed E-state index contributed by atoms with van der Waals surface area (Å²) in [5, 5.41) is 34.0. The van der Waals surface area contributed by atoms with Gasteiger partial charge in [-0.2, -0.15) is 13.2 Å². The maximum atomic E-state index is 13.7. The monoisotopic (exact) mass is 644 g/mol. The largest absolute Gasteiger partial charge is 0.593 e. The van der Waals surface area contributed by atoms with Gasteiger partial charge < -0.3 is 25.2 Å². The Morgan fingerprint density at radius 3 is 1.83 bits per heavy atom. The van der Waals surface area contributed by atoms with Crippen LogP contribution in [0.2, 0.25) is 0 Å². The van der Waals surface area contributed by atoms with E-state index in [1.54, 1.807) is 43.6 Å². The molecule has 228 valence electrons. The molecule has 0 aromatic heterocycles. The van der Waals surface area contributed by atoms with Crippen LogP contribution in [0.5, 0.6) is 0 Å². The Hall–Kier alpha value is -2.05. The Kier molecular flexibility index (Phi) is 10.7. The van der Waals surface area contributed by atoms with Gasteiger partial charge in [-0.25, -0.2) is 8.61 Å². The smallest absolute Gasteiger partial charge is 0.471 e. The first kappa shape index (κ1) is 32.9. The summed E-state index contributed by atoms with van der Waals surface area (Å²) in [5.41, 5.74) is -0.0327. The minimum absolute atomic E-state index is 0.0327. The summed E-state index contributed by atoms with van der Waals surface area (Å²) in [6.07, 6.45) is -5.10. The number of likely N-dealkylation sites (N-methyl/N-ethyl adjacent to an activating group) is 3. The number of aliphatic hydroxyl groups excluding tert-OH is 3. The number of amides is 1. The third kappa shape index (κ3) is 6.85. The van der Waals surface area contributed by atoms with Gasteiger partial charge in [-0.05, 0) is 60.9 Å². The van der Waals surface area contributed by atoms with Crippen LogP contribution < -0.4 is 5.32 Å². The Morgan fingerprint density at radius 1 is 0.833 bits per heavy atom. The molecule has 0 saturated heterocycles. The molecule has 4 rings (SSSR count). The third-order valence-electron chi connectivity index (χ3n) is 6.51. The van der Waals surface area contributed by atoms with Crippen molar-refractivity contribution in [2.45, 2.75) is 20.9 Å². The highest BCUT2D eigenvalue weighted by Gasteiger charge is 2.39. The molecule has 0 aliphatic heterocycles. The van der Waals surface area contributed by atoms with Gasteiger partial charge in [-0.3, -0.25) is 4.79 Å². The van der Waals surface area contributed by atoms with Crippen molar-refractivity contribution in [3.63, 3.8) is 0 Å². The summed E-state index contributed by atoms with van der Waals surface area (Å²) >= 11 is 0.845. The molecule has 15 heteroatoms. The number of halogens is 3. The Balaban J connectivity index is 2.08. The lowest BCUT2D eigenvalue weighted by Crippen LogP contribution is -2.30. The molecule has 42 heavy (non-hydrogen) atoms. The minimum atomic E-state index is -5.10. The van der Waals surface area contributed by atoms with Crippen molar-refractivity contribution in [3.8, 4) is 0 Å². The molecule has 4 aromatic rings. The number of aliphatic hydroxyl groups is 3. The molecule has 0 bridgehead atoms. The van der Waals surface area contributed by atoms with Gasteiger partial charge in [0.05, 0.1) is 43.4 Å². The van der Waals surface area contributed by atoms with Gasteiger partial charge in [0.15, 0.2) is 4.90 Å². The number of benzene rings is 4. The number of hydrogen-bond acceptors (Lipinski definition) is 10. The van der Waals surface area contributed by atoms with E-state index >= 15 is 0 Å². The van der Waals surface area contributed by atoms with Crippen LogP contribution in [0.3, 0.4) is 0 Å². The second kappa shape index (κ2) is 13.7. The zero-order valence-electron chi connectivity index (χ0n) is 23.1. The molecule has 4 N–H and O–H groups in total. The Bertz CT molecular complexity index is 1560. The summed E-state index contributed by atoms with van der Waals surface area (Å²) in [4.78, 5) is 13.8. The summed E-state index contributed by atoms with van der Waals surface area (Å²) in [6, 6.07) is 10.3. The van der Waals surface area contributed by atoms with Gasteiger partial charge in [-0.1, -0.05) is 18.2 Å². The van der Waals surface area contributed by atoms with Crippen LogP contribution in [0.25, 0.3) is 32.3 Å². The topological polar surface area (TPSA) is 123 Å². The van der Waals surface area contributed by atoms with Crippen LogP contribution in [-0.4, -0.2) is 105 Å². The molecule has 1 amide bonds. The highest BCUT2D eigenvalue weighted by molar-refractivity contribution is 7.97. The van der Waals surface area contributed by atoms with Crippen LogP contribution in [-0.2, 0) is 16.2 Å². The zero-order valence-corrected chi connectivity index (χ0v) is 25.5. The van der Waals surface area contributed by atoms with Gasteiger partial charge in [-0.15, -0.1) is 4.31 Å². The van der Waals surface area contributed by atoms with Crippen LogP contribution in [0.1, 0.15) is 0 Å². The normalized spacial score (nSPS) is 13.5. The number of alkyl halides is 3. The van der Waals surface area contributed by atoms with Crippen molar-refractivity contribution in [1.82, 2.24) is 12.9 Å². The maximum Gasteiger partial charge on any atom is 0.471 e. The van der Waals surface area contributed by atoms with E-state index in [1.165, 1.54) is 34.3 Å². The first-order valence-corrected chi connectivity index (χ1v) is 15.5. The second-order valence-electron chi connectivity index (χ2n) is 9.48. The molecule has 0 fully saturated rings. The number of carbonyl (C=O) groups is 1. The fourth-order valence-corrected chi connectivity index (χ4v) is 7.72. The zero-order chi connectivity index (χ0) is 30.8. The molecule has 1 atom stereocenters. The van der Waals surface area contributed by atoms with Crippen molar-refractivity contribution in [1.29, 1.82) is 0 Å². The van der Waals surface area contributed by atoms with Crippen molar-refractivity contribution in [3.05, 3.63) is 36.4 Å². The van der Waals surface area contributed by atoms with Crippen LogP contribution >= 0.6 is 23.9 Å². The number of carbonyl (C=O) groups excluding carboxylic acids is 1. The van der Waals surface area contributed by atoms with E-state index in [9.17, 15) is 37.8 Å². The lowest BCUT2D eigenvalue weighted by molar-refractivity contribution is -0.167. The molecule has 9 nitrogen and oxygen atoms in total. The van der Waals surface area contributed by atoms with Crippen molar-refractivity contribution < 1.29 is 37.8 Å². The van der Waals surface area contributed by atoms with Crippen LogP contribution in [0.15, 0.2) is 51.1 Å². The van der Waals surface area contributed by atoms with E-state index in [4.69, 9.17) is 0 Å². The number of nitrogens with one attached hydrogen (secondary N) is 1. The number of rotatable bonds is 13. The number of nitrogens with zero attached hydrogens (tertiary/aromatic N) is 3. The van der Waals surface area contributed by atoms with E-state index in [0.717, 1.165) is 5.39 Å². The highest BCUT2D eigenvalue weighted by Crippen LogP contribution is 2.47. The molecular weight excluding hydrogens is 614 g/mol. The average Bonchev–Trinajstić information content (AvgIpc) is 2.92. The molecule has 1 unspecified atom stereocenters. The molecule has 0 spiro atoms. The van der Waals surface area contributed by atoms with Crippen molar-refractivity contribution in [2.75, 3.05) is 65.9 Å². The van der Waals surface area contributed by atoms with Crippen LogP contribution in [0.4, 0.5) is 18.9 Å².